The molecule has 1 saturated carbocycles. The normalized spacial score (nSPS) is 19.2. The van der Waals surface area contributed by atoms with Crippen LogP contribution >= 0.6 is 11.3 Å². The van der Waals surface area contributed by atoms with Crippen LogP contribution in [0.3, 0.4) is 0 Å². The predicted octanol–water partition coefficient (Wildman–Crippen LogP) is 4.70. The van der Waals surface area contributed by atoms with Gasteiger partial charge in [0.25, 0.3) is 0 Å². The van der Waals surface area contributed by atoms with Crippen LogP contribution in [-0.2, 0) is 0 Å². The molecule has 0 bridgehead atoms. The molecule has 1 atom stereocenters. The van der Waals surface area contributed by atoms with Crippen molar-refractivity contribution in [3.8, 4) is 0 Å². The Morgan fingerprint density at radius 1 is 0.848 bits per heavy atom. The fourth-order valence-corrected chi connectivity index (χ4v) is 6.31. The molecule has 3 heterocycles. The Balaban J connectivity index is 1.26. The molecule has 7 nitrogen and oxygen atoms in total. The molecule has 0 radical (unpaired) electrons. The molecule has 2 fully saturated rings. The zero-order valence-electron chi connectivity index (χ0n) is 18.8. The van der Waals surface area contributed by atoms with Gasteiger partial charge < -0.3 is 4.90 Å². The first-order valence-electron chi connectivity index (χ1n) is 12.0. The third-order valence-corrected chi connectivity index (χ3v) is 8.13. The number of nitrogens with zero attached hydrogens (tertiary/aromatic N) is 7. The molecule has 1 aliphatic carbocycles. The molecule has 33 heavy (non-hydrogen) atoms. The molecule has 4 aromatic rings. The van der Waals surface area contributed by atoms with E-state index in [1.165, 1.54) is 42.4 Å². The van der Waals surface area contributed by atoms with Gasteiger partial charge in [-0.15, -0.1) is 5.10 Å². The predicted molar refractivity (Wildman–Crippen MR) is 132 cm³/mol. The molecule has 2 aromatic carbocycles. The Labute approximate surface area is 198 Å². The van der Waals surface area contributed by atoms with Crippen LogP contribution in [0.4, 0.5) is 5.13 Å². The van der Waals surface area contributed by atoms with E-state index >= 15 is 0 Å². The molecule has 2 aromatic heterocycles. The Bertz CT molecular complexity index is 1160. The van der Waals surface area contributed by atoms with E-state index in [0.29, 0.717) is 6.04 Å². The molecule has 170 valence electrons. The molecule has 1 unspecified atom stereocenters. The van der Waals surface area contributed by atoms with E-state index < -0.39 is 0 Å². The minimum atomic E-state index is 0.0700. The Morgan fingerprint density at radius 3 is 2.39 bits per heavy atom. The van der Waals surface area contributed by atoms with Gasteiger partial charge in [-0.25, -0.2) is 9.67 Å². The lowest BCUT2D eigenvalue weighted by atomic mass is 9.95. The third kappa shape index (κ3) is 4.13. The highest BCUT2D eigenvalue weighted by atomic mass is 32.1. The number of anilines is 1. The summed E-state index contributed by atoms with van der Waals surface area (Å²) < 4.78 is 3.39. The second-order valence-corrected chi connectivity index (χ2v) is 10.1. The van der Waals surface area contributed by atoms with E-state index in [2.05, 4.69) is 84.6 Å². The quantitative estimate of drug-likeness (QED) is 0.431. The van der Waals surface area contributed by atoms with Crippen LogP contribution in [0.15, 0.2) is 54.6 Å². The number of tetrazole rings is 1. The summed E-state index contributed by atoms with van der Waals surface area (Å²) in [6.45, 7) is 3.81. The first kappa shape index (κ1) is 20.7. The van der Waals surface area contributed by atoms with Crippen molar-refractivity contribution in [3.63, 3.8) is 0 Å². The van der Waals surface area contributed by atoms with Gasteiger partial charge in [0.2, 0.25) is 0 Å². The zero-order chi connectivity index (χ0) is 22.0. The fourth-order valence-electron chi connectivity index (χ4n) is 5.29. The Morgan fingerprint density at radius 2 is 1.61 bits per heavy atom. The minimum absolute atomic E-state index is 0.0700. The van der Waals surface area contributed by atoms with Crippen LogP contribution < -0.4 is 4.90 Å². The van der Waals surface area contributed by atoms with Crippen molar-refractivity contribution in [1.82, 2.24) is 30.1 Å². The smallest absolute Gasteiger partial charge is 0.186 e. The van der Waals surface area contributed by atoms with Gasteiger partial charge in [0.15, 0.2) is 11.0 Å². The number of rotatable bonds is 5. The van der Waals surface area contributed by atoms with Gasteiger partial charge in [-0.1, -0.05) is 73.1 Å². The van der Waals surface area contributed by atoms with Crippen LogP contribution in [0, 0.1) is 0 Å². The van der Waals surface area contributed by atoms with Crippen LogP contribution in [0.1, 0.15) is 55.6 Å². The molecular weight excluding hydrogens is 430 g/mol. The summed E-state index contributed by atoms with van der Waals surface area (Å²) in [4.78, 5) is 9.85. The molecule has 0 spiro atoms. The number of fused-ring (bicyclic) bond motifs is 1. The van der Waals surface area contributed by atoms with Gasteiger partial charge in [-0.2, -0.15) is 0 Å². The average molecular weight is 460 g/mol. The zero-order valence-corrected chi connectivity index (χ0v) is 19.6. The molecule has 1 saturated heterocycles. The number of aromatic nitrogens is 5. The standard InChI is InChI=1S/C25H29N7S/c1-3-9-19(10-4-1)23(24-27-28-29-32(24)20-11-5-2-6-12-20)30-15-17-31(18-16-30)25-26-21-13-7-8-14-22(21)33-25/h1,3-4,7-10,13-14,20,23H,2,5-6,11-12,15-18H2. The Hall–Kier alpha value is -2.84. The van der Waals surface area contributed by atoms with E-state index in [1.807, 2.05) is 0 Å². The lowest BCUT2D eigenvalue weighted by molar-refractivity contribution is 0.193. The first-order chi connectivity index (χ1) is 16.4. The van der Waals surface area contributed by atoms with E-state index in [0.717, 1.165) is 42.7 Å². The number of para-hydroxylation sites is 1. The van der Waals surface area contributed by atoms with Crippen molar-refractivity contribution in [1.29, 1.82) is 0 Å². The molecule has 0 N–H and O–H groups in total. The number of thiazole rings is 1. The van der Waals surface area contributed by atoms with E-state index in [4.69, 9.17) is 4.98 Å². The van der Waals surface area contributed by atoms with Gasteiger partial charge in [0.05, 0.1) is 22.3 Å². The van der Waals surface area contributed by atoms with Gasteiger partial charge in [0.1, 0.15) is 0 Å². The largest absolute Gasteiger partial charge is 0.345 e. The minimum Gasteiger partial charge on any atom is -0.345 e. The summed E-state index contributed by atoms with van der Waals surface area (Å²) in [6, 6.07) is 19.6. The monoisotopic (exact) mass is 459 g/mol. The fraction of sp³-hybridized carbons (Fsp3) is 0.440. The summed E-state index contributed by atoms with van der Waals surface area (Å²) >= 11 is 1.79. The molecule has 8 heteroatoms. The summed E-state index contributed by atoms with van der Waals surface area (Å²) in [6.07, 6.45) is 6.20. The summed E-state index contributed by atoms with van der Waals surface area (Å²) in [7, 11) is 0. The number of hydrogen-bond acceptors (Lipinski definition) is 7. The Kier molecular flexibility index (Phi) is 5.78. The van der Waals surface area contributed by atoms with Crippen molar-refractivity contribution in [2.24, 2.45) is 0 Å². The van der Waals surface area contributed by atoms with Crippen LogP contribution in [-0.4, -0.2) is 56.3 Å². The van der Waals surface area contributed by atoms with Crippen molar-refractivity contribution in [2.45, 2.75) is 44.2 Å². The number of hydrogen-bond donors (Lipinski definition) is 0. The molecule has 2 aliphatic rings. The van der Waals surface area contributed by atoms with Gasteiger partial charge in [0, 0.05) is 26.2 Å². The van der Waals surface area contributed by atoms with Crippen LogP contribution in [0.2, 0.25) is 0 Å². The van der Waals surface area contributed by atoms with Gasteiger partial charge in [-0.3, -0.25) is 4.90 Å². The maximum absolute atomic E-state index is 4.88. The maximum Gasteiger partial charge on any atom is 0.186 e. The van der Waals surface area contributed by atoms with Crippen molar-refractivity contribution in [2.75, 3.05) is 31.1 Å². The second kappa shape index (κ2) is 9.19. The second-order valence-electron chi connectivity index (χ2n) is 9.07. The van der Waals surface area contributed by atoms with E-state index in [1.54, 1.807) is 11.3 Å². The highest BCUT2D eigenvalue weighted by Gasteiger charge is 2.33. The molecular formula is C25H29N7S. The lowest BCUT2D eigenvalue weighted by Crippen LogP contribution is -2.48. The number of piperazine rings is 1. The summed E-state index contributed by atoms with van der Waals surface area (Å²) in [5.74, 6) is 0.988. The van der Waals surface area contributed by atoms with Crippen molar-refractivity contribution in [3.05, 3.63) is 66.0 Å². The third-order valence-electron chi connectivity index (χ3n) is 7.03. The van der Waals surface area contributed by atoms with Crippen molar-refractivity contribution >= 4 is 26.7 Å². The molecule has 6 rings (SSSR count). The number of benzene rings is 2. The van der Waals surface area contributed by atoms with Crippen LogP contribution in [0.5, 0.6) is 0 Å². The molecule has 1 aliphatic heterocycles. The highest BCUT2D eigenvalue weighted by Crippen LogP contribution is 2.35. The maximum atomic E-state index is 4.88. The summed E-state index contributed by atoms with van der Waals surface area (Å²) in [5.41, 5.74) is 2.35. The van der Waals surface area contributed by atoms with Crippen LogP contribution in [0.25, 0.3) is 10.2 Å². The van der Waals surface area contributed by atoms with Crippen molar-refractivity contribution < 1.29 is 0 Å². The molecule has 0 amide bonds. The lowest BCUT2D eigenvalue weighted by Gasteiger charge is -2.39. The van der Waals surface area contributed by atoms with Gasteiger partial charge >= 0.3 is 0 Å². The topological polar surface area (TPSA) is 63.0 Å². The first-order valence-corrected chi connectivity index (χ1v) is 12.9. The van der Waals surface area contributed by atoms with E-state index in [9.17, 15) is 0 Å². The van der Waals surface area contributed by atoms with Gasteiger partial charge in [-0.05, 0) is 41.0 Å². The summed E-state index contributed by atoms with van der Waals surface area (Å²) in [5, 5.41) is 14.3. The average Bonchev–Trinajstić information content (AvgIpc) is 3.53. The van der Waals surface area contributed by atoms with E-state index in [-0.39, 0.29) is 6.04 Å². The SMILES string of the molecule is c1ccc(C(c2nnnn2C2CCCCC2)N2CCN(c3nc4ccccc4s3)CC2)cc1. The highest BCUT2D eigenvalue weighted by molar-refractivity contribution is 7.22.